The third-order valence-corrected chi connectivity index (χ3v) is 1.77. The molecule has 0 spiro atoms. The summed E-state index contributed by atoms with van der Waals surface area (Å²) in [7, 11) is 0. The van der Waals surface area contributed by atoms with Crippen molar-refractivity contribution in [1.29, 1.82) is 5.53 Å². The van der Waals surface area contributed by atoms with Gasteiger partial charge in [-0.05, 0) is 29.6 Å². The molecule has 50 valence electrons. The van der Waals surface area contributed by atoms with Crippen molar-refractivity contribution in [3.05, 3.63) is 21.4 Å². The van der Waals surface area contributed by atoms with Gasteiger partial charge in [0.25, 0.3) is 0 Å². The topological polar surface area (TPSA) is 36.2 Å². The zero-order valence-corrected chi connectivity index (χ0v) is 7.64. The Morgan fingerprint density at radius 3 is 2.44 bits per heavy atom. The summed E-state index contributed by atoms with van der Waals surface area (Å²) in [5, 5.41) is 3.24. The van der Waals surface area contributed by atoms with Crippen LogP contribution in [-0.4, -0.2) is 0 Å². The molecular weight excluding hydrogens is 227 g/mol. The number of nitrogens with zero attached hydrogens (tertiary/aromatic N) is 1. The van der Waals surface area contributed by atoms with Gasteiger partial charge in [0, 0.05) is 0 Å². The van der Waals surface area contributed by atoms with Crippen LogP contribution in [0.25, 0.3) is 0 Å². The number of hydrogen-bond acceptors (Lipinski definition) is 2. The van der Waals surface area contributed by atoms with Gasteiger partial charge in [-0.1, -0.05) is 22.6 Å². The fourth-order valence-corrected chi connectivity index (χ4v) is 0.573. The molecule has 1 N–H and O–H groups in total. The molecule has 0 amide bonds. The molecule has 0 aliphatic heterocycles. The molecule has 0 atom stereocenters. The zero-order chi connectivity index (χ0) is 7.28. The Balaban J connectivity index is 4.11. The van der Waals surface area contributed by atoms with E-state index >= 15 is 0 Å². The van der Waals surface area contributed by atoms with Crippen LogP contribution in [-0.2, 0) is 0 Å². The van der Waals surface area contributed by atoms with Gasteiger partial charge >= 0.3 is 0 Å². The van der Waals surface area contributed by atoms with Crippen LogP contribution < -0.4 is 0 Å². The predicted molar refractivity (Wildman–Crippen MR) is 46.7 cm³/mol. The van der Waals surface area contributed by atoms with Crippen LogP contribution in [0.2, 0.25) is 0 Å². The minimum absolute atomic E-state index is 0.736. The monoisotopic (exact) mass is 236 g/mol. The van der Waals surface area contributed by atoms with Gasteiger partial charge < -0.3 is 0 Å². The highest BCUT2D eigenvalue weighted by atomic mass is 127. The molecule has 0 rings (SSSR count). The summed E-state index contributed by atoms with van der Waals surface area (Å²) in [6, 6.07) is 0. The Kier molecular flexibility index (Phi) is 4.57. The number of allylic oxidation sites excluding steroid dienone is 3. The van der Waals surface area contributed by atoms with E-state index in [1.54, 1.807) is 6.92 Å². The van der Waals surface area contributed by atoms with Gasteiger partial charge in [-0.3, -0.25) is 0 Å². The molecule has 0 aliphatic carbocycles. The van der Waals surface area contributed by atoms with Crippen molar-refractivity contribution in [3.63, 3.8) is 0 Å². The number of hydrogen-bond donors (Lipinski definition) is 1. The smallest absolute Gasteiger partial charge is 0.0595 e. The van der Waals surface area contributed by atoms with Crippen molar-refractivity contribution < 1.29 is 0 Å². The van der Waals surface area contributed by atoms with Crippen LogP contribution in [0.5, 0.6) is 0 Å². The maximum Gasteiger partial charge on any atom is 0.0595 e. The van der Waals surface area contributed by atoms with E-state index in [0.717, 1.165) is 11.3 Å². The SMILES string of the molecule is CC(=C/I)/C=C(/C)N=N. The van der Waals surface area contributed by atoms with Crippen molar-refractivity contribution in [1.82, 2.24) is 0 Å². The summed E-state index contributed by atoms with van der Waals surface area (Å²) < 4.78 is 1.95. The van der Waals surface area contributed by atoms with Crippen LogP contribution >= 0.6 is 22.6 Å². The largest absolute Gasteiger partial charge is 0.205 e. The predicted octanol–water partition coefficient (Wildman–Crippen LogP) is 3.26. The second-order valence-electron chi connectivity index (χ2n) is 1.75. The van der Waals surface area contributed by atoms with Gasteiger partial charge in [0.05, 0.1) is 5.70 Å². The molecule has 0 aromatic heterocycles. The molecule has 2 nitrogen and oxygen atoms in total. The molecule has 0 saturated carbocycles. The summed E-state index contributed by atoms with van der Waals surface area (Å²) >= 11 is 2.15. The highest BCUT2D eigenvalue weighted by Gasteiger charge is 1.82. The maximum atomic E-state index is 6.60. The first-order chi connectivity index (χ1) is 4.20. The number of halogens is 1. The standard InChI is InChI=1S/C6H9IN2/c1-5(4-7)3-6(2)9-8/h3-4,8H,1-2H3/b5-4-,6-3-,9-8?. The van der Waals surface area contributed by atoms with Crippen molar-refractivity contribution in [2.24, 2.45) is 5.11 Å². The normalized spacial score (nSPS) is 13.7. The van der Waals surface area contributed by atoms with E-state index in [9.17, 15) is 0 Å². The van der Waals surface area contributed by atoms with Crippen molar-refractivity contribution in [3.8, 4) is 0 Å². The minimum atomic E-state index is 0.736. The molecule has 0 fully saturated rings. The van der Waals surface area contributed by atoms with E-state index in [-0.39, 0.29) is 0 Å². The van der Waals surface area contributed by atoms with Crippen LogP contribution in [0.3, 0.4) is 0 Å². The summed E-state index contributed by atoms with van der Waals surface area (Å²) in [4.78, 5) is 0. The Morgan fingerprint density at radius 1 is 1.56 bits per heavy atom. The Morgan fingerprint density at radius 2 is 2.11 bits per heavy atom. The Hall–Kier alpha value is -0.190. The molecule has 3 heteroatoms. The van der Waals surface area contributed by atoms with Crippen LogP contribution in [0, 0.1) is 5.53 Å². The first-order valence-corrected chi connectivity index (χ1v) is 3.78. The molecule has 0 unspecified atom stereocenters. The average molecular weight is 236 g/mol. The zero-order valence-electron chi connectivity index (χ0n) is 5.48. The lowest BCUT2D eigenvalue weighted by Gasteiger charge is -1.87. The maximum absolute atomic E-state index is 6.60. The minimum Gasteiger partial charge on any atom is -0.205 e. The highest BCUT2D eigenvalue weighted by Crippen LogP contribution is 2.04. The van der Waals surface area contributed by atoms with E-state index in [0.29, 0.717) is 0 Å². The molecule has 0 aromatic carbocycles. The molecule has 9 heavy (non-hydrogen) atoms. The summed E-state index contributed by atoms with van der Waals surface area (Å²) in [6.45, 7) is 3.78. The van der Waals surface area contributed by atoms with Gasteiger partial charge in [-0.2, -0.15) is 5.11 Å². The fourth-order valence-electron chi connectivity index (χ4n) is 0.393. The lowest BCUT2D eigenvalue weighted by atomic mass is 10.3. The second-order valence-corrected chi connectivity index (χ2v) is 2.37. The van der Waals surface area contributed by atoms with E-state index in [2.05, 4.69) is 27.7 Å². The van der Waals surface area contributed by atoms with Crippen LogP contribution in [0.4, 0.5) is 0 Å². The van der Waals surface area contributed by atoms with Gasteiger partial charge in [0.2, 0.25) is 0 Å². The second kappa shape index (κ2) is 4.67. The van der Waals surface area contributed by atoms with E-state index < -0.39 is 0 Å². The van der Waals surface area contributed by atoms with Crippen molar-refractivity contribution in [2.45, 2.75) is 13.8 Å². The molecule has 0 aromatic rings. The lowest BCUT2D eigenvalue weighted by Crippen LogP contribution is -1.68. The van der Waals surface area contributed by atoms with E-state index in [1.165, 1.54) is 0 Å². The van der Waals surface area contributed by atoms with Crippen LogP contribution in [0.1, 0.15) is 13.8 Å². The highest BCUT2D eigenvalue weighted by molar-refractivity contribution is 14.1. The Bertz CT molecular complexity index is 158. The van der Waals surface area contributed by atoms with Crippen molar-refractivity contribution in [2.75, 3.05) is 0 Å². The van der Waals surface area contributed by atoms with Crippen molar-refractivity contribution >= 4 is 22.6 Å². The first kappa shape index (κ1) is 8.81. The van der Waals surface area contributed by atoms with Gasteiger partial charge in [0.15, 0.2) is 0 Å². The van der Waals surface area contributed by atoms with Gasteiger partial charge in [-0.25, -0.2) is 5.53 Å². The third-order valence-electron chi connectivity index (χ3n) is 0.785. The van der Waals surface area contributed by atoms with E-state index in [1.807, 2.05) is 17.1 Å². The fraction of sp³-hybridized carbons (Fsp3) is 0.333. The summed E-state index contributed by atoms with van der Waals surface area (Å²) in [5.41, 5.74) is 8.47. The summed E-state index contributed by atoms with van der Waals surface area (Å²) in [5.74, 6) is 0. The molecule has 0 heterocycles. The van der Waals surface area contributed by atoms with Crippen LogP contribution in [0.15, 0.2) is 26.5 Å². The molecule has 0 radical (unpaired) electrons. The lowest BCUT2D eigenvalue weighted by molar-refractivity contribution is 1.05. The molecule has 0 bridgehead atoms. The van der Waals surface area contributed by atoms with Gasteiger partial charge in [0.1, 0.15) is 0 Å². The van der Waals surface area contributed by atoms with Gasteiger partial charge in [-0.15, -0.1) is 0 Å². The third kappa shape index (κ3) is 4.32. The van der Waals surface area contributed by atoms with E-state index in [4.69, 9.17) is 5.53 Å². The number of nitrogens with one attached hydrogen (secondary N) is 1. The quantitative estimate of drug-likeness (QED) is 0.434. The average Bonchev–Trinajstić information content (AvgIpc) is 1.87. The molecule has 0 saturated heterocycles. The first-order valence-electron chi connectivity index (χ1n) is 2.53. The molecule has 0 aliphatic rings. The Labute approximate surface area is 68.7 Å². The molecular formula is C6H9IN2. The summed E-state index contributed by atoms with van der Waals surface area (Å²) in [6.07, 6.45) is 1.86. The number of rotatable bonds is 2.